The summed E-state index contributed by atoms with van der Waals surface area (Å²) in [6, 6.07) is 14.5. The van der Waals surface area contributed by atoms with Crippen molar-refractivity contribution in [2.75, 3.05) is 23.3 Å². The van der Waals surface area contributed by atoms with E-state index in [-0.39, 0.29) is 24.3 Å². The summed E-state index contributed by atoms with van der Waals surface area (Å²) in [7, 11) is 0. The highest BCUT2D eigenvalue weighted by atomic mass is 16.2. The zero-order valence-corrected chi connectivity index (χ0v) is 14.3. The number of hydrogen-bond acceptors (Lipinski definition) is 3. The van der Waals surface area contributed by atoms with E-state index >= 15 is 0 Å². The molecular formula is C20H19N3O3. The van der Waals surface area contributed by atoms with Crippen LogP contribution in [-0.2, 0) is 16.1 Å². The molecule has 2 aromatic rings. The van der Waals surface area contributed by atoms with Crippen molar-refractivity contribution in [2.24, 2.45) is 0 Å². The topological polar surface area (TPSA) is 69.7 Å². The number of likely N-dealkylation sites (tertiary alicyclic amines) is 1. The van der Waals surface area contributed by atoms with Gasteiger partial charge in [-0.05, 0) is 36.2 Å². The second-order valence-corrected chi connectivity index (χ2v) is 6.58. The fraction of sp³-hybridized carbons (Fsp3) is 0.250. The number of nitrogens with one attached hydrogen (secondary N) is 1. The summed E-state index contributed by atoms with van der Waals surface area (Å²) >= 11 is 0. The molecule has 132 valence electrons. The van der Waals surface area contributed by atoms with E-state index in [0.29, 0.717) is 29.9 Å². The molecule has 0 atom stereocenters. The van der Waals surface area contributed by atoms with Gasteiger partial charge in [0, 0.05) is 25.1 Å². The highest BCUT2D eigenvalue weighted by Crippen LogP contribution is 2.30. The van der Waals surface area contributed by atoms with E-state index in [1.165, 1.54) is 4.90 Å². The summed E-state index contributed by atoms with van der Waals surface area (Å²) in [5.41, 5.74) is 2.76. The van der Waals surface area contributed by atoms with Crippen LogP contribution in [0.2, 0.25) is 0 Å². The molecule has 0 bridgehead atoms. The minimum Gasteiger partial charge on any atom is -0.338 e. The fourth-order valence-corrected chi connectivity index (χ4v) is 3.46. The van der Waals surface area contributed by atoms with Crippen LogP contribution in [0.5, 0.6) is 0 Å². The highest BCUT2D eigenvalue weighted by Gasteiger charge is 2.27. The Balaban J connectivity index is 1.60. The average Bonchev–Trinajstić information content (AvgIpc) is 3.05. The fourth-order valence-electron chi connectivity index (χ4n) is 3.46. The van der Waals surface area contributed by atoms with Crippen molar-refractivity contribution in [1.29, 1.82) is 0 Å². The molecule has 2 aliphatic rings. The van der Waals surface area contributed by atoms with Gasteiger partial charge in [0.05, 0.1) is 11.4 Å². The molecule has 3 amide bonds. The first-order chi connectivity index (χ1) is 12.6. The number of carbonyl (C=O) groups is 3. The molecule has 6 heteroatoms. The van der Waals surface area contributed by atoms with Gasteiger partial charge in [-0.15, -0.1) is 0 Å². The quantitative estimate of drug-likeness (QED) is 0.925. The zero-order valence-electron chi connectivity index (χ0n) is 14.3. The Morgan fingerprint density at radius 3 is 2.73 bits per heavy atom. The number of rotatable bonds is 3. The lowest BCUT2D eigenvalue weighted by molar-refractivity contribution is -0.128. The molecule has 0 aromatic heterocycles. The number of benzene rings is 2. The van der Waals surface area contributed by atoms with Crippen molar-refractivity contribution in [3.63, 3.8) is 0 Å². The third-order valence-corrected chi connectivity index (χ3v) is 4.73. The van der Waals surface area contributed by atoms with Gasteiger partial charge in [-0.25, -0.2) is 0 Å². The van der Waals surface area contributed by atoms with Gasteiger partial charge < -0.3 is 10.2 Å². The number of para-hydroxylation sites is 2. The first-order valence-corrected chi connectivity index (χ1v) is 8.69. The summed E-state index contributed by atoms with van der Waals surface area (Å²) < 4.78 is 0. The second kappa shape index (κ2) is 6.63. The van der Waals surface area contributed by atoms with E-state index in [2.05, 4.69) is 5.32 Å². The number of hydrogen-bond donors (Lipinski definition) is 1. The van der Waals surface area contributed by atoms with Crippen LogP contribution in [-0.4, -0.2) is 35.7 Å². The number of anilines is 2. The highest BCUT2D eigenvalue weighted by molar-refractivity contribution is 6.15. The van der Waals surface area contributed by atoms with Crippen LogP contribution in [0.4, 0.5) is 11.4 Å². The molecule has 0 aliphatic carbocycles. The van der Waals surface area contributed by atoms with Crippen molar-refractivity contribution >= 4 is 29.1 Å². The molecule has 2 aliphatic heterocycles. The molecule has 4 rings (SSSR count). The molecule has 1 fully saturated rings. The predicted octanol–water partition coefficient (Wildman–Crippen LogP) is 2.41. The molecule has 0 saturated carbocycles. The molecular weight excluding hydrogens is 330 g/mol. The van der Waals surface area contributed by atoms with Gasteiger partial charge in [0.15, 0.2) is 0 Å². The minimum atomic E-state index is -0.220. The number of carbonyl (C=O) groups excluding carboxylic acids is 3. The van der Waals surface area contributed by atoms with E-state index in [1.54, 1.807) is 12.1 Å². The summed E-state index contributed by atoms with van der Waals surface area (Å²) in [5.74, 6) is -0.277. The van der Waals surface area contributed by atoms with Gasteiger partial charge in [-0.1, -0.05) is 24.3 Å². The van der Waals surface area contributed by atoms with Gasteiger partial charge in [-0.3, -0.25) is 19.3 Å². The normalized spacial score (nSPS) is 16.5. The first kappa shape index (κ1) is 16.3. The zero-order chi connectivity index (χ0) is 18.1. The van der Waals surface area contributed by atoms with Crippen LogP contribution >= 0.6 is 0 Å². The van der Waals surface area contributed by atoms with E-state index < -0.39 is 0 Å². The first-order valence-electron chi connectivity index (χ1n) is 8.69. The number of fused-ring (bicyclic) bond motifs is 1. The Morgan fingerprint density at radius 1 is 1.08 bits per heavy atom. The Bertz CT molecular complexity index is 893. The van der Waals surface area contributed by atoms with E-state index in [4.69, 9.17) is 0 Å². The van der Waals surface area contributed by atoms with Crippen molar-refractivity contribution in [3.8, 4) is 0 Å². The maximum absolute atomic E-state index is 13.0. The summed E-state index contributed by atoms with van der Waals surface area (Å²) in [6.45, 7) is 1.26. The largest absolute Gasteiger partial charge is 0.338 e. The number of nitrogens with zero attached hydrogens (tertiary/aromatic N) is 2. The maximum Gasteiger partial charge on any atom is 0.258 e. The lowest BCUT2D eigenvalue weighted by Gasteiger charge is -2.29. The van der Waals surface area contributed by atoms with Crippen molar-refractivity contribution < 1.29 is 14.4 Å². The van der Waals surface area contributed by atoms with Crippen molar-refractivity contribution in [3.05, 3.63) is 59.7 Å². The lowest BCUT2D eigenvalue weighted by atomic mass is 10.1. The van der Waals surface area contributed by atoms with Gasteiger partial charge >= 0.3 is 0 Å². The predicted molar refractivity (Wildman–Crippen MR) is 97.8 cm³/mol. The molecule has 26 heavy (non-hydrogen) atoms. The standard InChI is InChI=1S/C20H19N3O3/c24-18-13-23(17-8-2-1-7-16(17)21-18)20(26)15-6-3-5-14(11-15)12-22-10-4-9-19(22)25/h1-3,5-8,11H,4,9-10,12-13H2,(H,21,24). The van der Waals surface area contributed by atoms with Gasteiger partial charge in [0.1, 0.15) is 6.54 Å². The minimum absolute atomic E-state index is 0.00924. The Hall–Kier alpha value is -3.15. The van der Waals surface area contributed by atoms with Crippen molar-refractivity contribution in [1.82, 2.24) is 4.90 Å². The molecule has 2 heterocycles. The van der Waals surface area contributed by atoms with E-state index in [1.807, 2.05) is 41.3 Å². The van der Waals surface area contributed by atoms with E-state index in [9.17, 15) is 14.4 Å². The third kappa shape index (κ3) is 3.06. The van der Waals surface area contributed by atoms with Crippen LogP contribution in [0.1, 0.15) is 28.8 Å². The monoisotopic (exact) mass is 349 g/mol. The smallest absolute Gasteiger partial charge is 0.258 e. The molecule has 1 saturated heterocycles. The molecule has 2 aromatic carbocycles. The van der Waals surface area contributed by atoms with Crippen LogP contribution in [0, 0.1) is 0 Å². The third-order valence-electron chi connectivity index (χ3n) is 4.73. The van der Waals surface area contributed by atoms with Crippen LogP contribution < -0.4 is 10.2 Å². The Kier molecular flexibility index (Phi) is 4.16. The summed E-state index contributed by atoms with van der Waals surface area (Å²) in [5, 5.41) is 2.78. The number of amides is 3. The second-order valence-electron chi connectivity index (χ2n) is 6.58. The van der Waals surface area contributed by atoms with Crippen LogP contribution in [0.3, 0.4) is 0 Å². The maximum atomic E-state index is 13.0. The molecule has 0 spiro atoms. The van der Waals surface area contributed by atoms with Gasteiger partial charge in [0.2, 0.25) is 11.8 Å². The lowest BCUT2D eigenvalue weighted by Crippen LogP contribution is -2.42. The van der Waals surface area contributed by atoms with Crippen LogP contribution in [0.15, 0.2) is 48.5 Å². The average molecular weight is 349 g/mol. The van der Waals surface area contributed by atoms with Crippen LogP contribution in [0.25, 0.3) is 0 Å². The van der Waals surface area contributed by atoms with Gasteiger partial charge in [-0.2, -0.15) is 0 Å². The summed E-state index contributed by atoms with van der Waals surface area (Å²) in [4.78, 5) is 40.1. The molecule has 1 N–H and O–H groups in total. The van der Waals surface area contributed by atoms with Crippen molar-refractivity contribution in [2.45, 2.75) is 19.4 Å². The summed E-state index contributed by atoms with van der Waals surface area (Å²) in [6.07, 6.45) is 1.48. The molecule has 0 radical (unpaired) electrons. The van der Waals surface area contributed by atoms with E-state index in [0.717, 1.165) is 18.5 Å². The molecule has 6 nitrogen and oxygen atoms in total. The SMILES string of the molecule is O=C1CN(C(=O)c2cccc(CN3CCCC3=O)c2)c2ccccc2N1. The Labute approximate surface area is 151 Å². The molecule has 0 unspecified atom stereocenters. The Morgan fingerprint density at radius 2 is 1.92 bits per heavy atom. The van der Waals surface area contributed by atoms with Gasteiger partial charge in [0.25, 0.3) is 5.91 Å².